The van der Waals surface area contributed by atoms with E-state index >= 15 is 0 Å². The van der Waals surface area contributed by atoms with Gasteiger partial charge in [-0.3, -0.25) is 9.79 Å². The zero-order valence-electron chi connectivity index (χ0n) is 5.98. The Balaban J connectivity index is 2.13. The van der Waals surface area contributed by atoms with Crippen LogP contribution >= 0.6 is 0 Å². The van der Waals surface area contributed by atoms with Crippen molar-refractivity contribution in [3.8, 4) is 0 Å². The number of hydrogen-bond donors (Lipinski definition) is 1. The highest BCUT2D eigenvalue weighted by molar-refractivity contribution is 6.07. The summed E-state index contributed by atoms with van der Waals surface area (Å²) >= 11 is 0. The number of nitrogens with zero attached hydrogens (tertiary/aromatic N) is 1. The van der Waals surface area contributed by atoms with Crippen LogP contribution in [-0.4, -0.2) is 18.3 Å². The minimum atomic E-state index is 0.0446. The molecule has 54 valence electrons. The molecule has 1 heterocycles. The van der Waals surface area contributed by atoms with E-state index in [1.165, 1.54) is 12.8 Å². The molecule has 0 atom stereocenters. The molecule has 0 bridgehead atoms. The van der Waals surface area contributed by atoms with Crippen LogP contribution in [0.1, 0.15) is 19.8 Å². The Morgan fingerprint density at radius 1 is 1.60 bits per heavy atom. The molecule has 2 rings (SSSR count). The Bertz CT molecular complexity index is 216. The SMILES string of the molecule is CC1(C2=NCC(=O)N2)CC1. The zero-order valence-corrected chi connectivity index (χ0v) is 5.98. The number of carbonyl (C=O) groups excluding carboxylic acids is 1. The lowest BCUT2D eigenvalue weighted by Crippen LogP contribution is -2.30. The van der Waals surface area contributed by atoms with Gasteiger partial charge in [-0.2, -0.15) is 0 Å². The van der Waals surface area contributed by atoms with Crippen molar-refractivity contribution in [2.45, 2.75) is 19.8 Å². The number of hydrogen-bond acceptors (Lipinski definition) is 2. The maximum Gasteiger partial charge on any atom is 0.247 e. The van der Waals surface area contributed by atoms with Crippen molar-refractivity contribution in [2.24, 2.45) is 10.4 Å². The second-order valence-corrected chi connectivity index (χ2v) is 3.27. The molecular formula is C7H10N2O. The molecule has 0 unspecified atom stereocenters. The summed E-state index contributed by atoms with van der Waals surface area (Å²) in [6, 6.07) is 0. The largest absolute Gasteiger partial charge is 0.312 e. The quantitative estimate of drug-likeness (QED) is 0.557. The van der Waals surface area contributed by atoms with Crippen LogP contribution < -0.4 is 5.32 Å². The molecule has 1 fully saturated rings. The van der Waals surface area contributed by atoms with Gasteiger partial charge in [0.05, 0.1) is 0 Å². The van der Waals surface area contributed by atoms with Gasteiger partial charge in [-0.25, -0.2) is 0 Å². The van der Waals surface area contributed by atoms with E-state index in [1.54, 1.807) is 0 Å². The molecule has 0 aromatic carbocycles. The van der Waals surface area contributed by atoms with Gasteiger partial charge < -0.3 is 5.32 Å². The van der Waals surface area contributed by atoms with Crippen molar-refractivity contribution in [1.29, 1.82) is 0 Å². The fraction of sp³-hybridized carbons (Fsp3) is 0.714. The molecule has 0 saturated heterocycles. The molecule has 1 saturated carbocycles. The van der Waals surface area contributed by atoms with Crippen molar-refractivity contribution < 1.29 is 4.79 Å². The molecule has 1 N–H and O–H groups in total. The minimum Gasteiger partial charge on any atom is -0.312 e. The Hall–Kier alpha value is -0.860. The first-order valence-corrected chi connectivity index (χ1v) is 3.55. The number of nitrogens with one attached hydrogen (secondary N) is 1. The first kappa shape index (κ1) is 5.89. The summed E-state index contributed by atoms with van der Waals surface area (Å²) < 4.78 is 0. The van der Waals surface area contributed by atoms with Gasteiger partial charge in [-0.05, 0) is 12.8 Å². The monoisotopic (exact) mass is 138 g/mol. The molecule has 0 aromatic rings. The van der Waals surface area contributed by atoms with Gasteiger partial charge in [-0.15, -0.1) is 0 Å². The van der Waals surface area contributed by atoms with Gasteiger partial charge in [0.15, 0.2) is 0 Å². The van der Waals surface area contributed by atoms with Gasteiger partial charge in [0, 0.05) is 5.41 Å². The molecule has 1 amide bonds. The third kappa shape index (κ3) is 0.735. The van der Waals surface area contributed by atoms with Crippen LogP contribution in [0.15, 0.2) is 4.99 Å². The lowest BCUT2D eigenvalue weighted by Gasteiger charge is -2.06. The summed E-state index contributed by atoms with van der Waals surface area (Å²) in [4.78, 5) is 14.8. The van der Waals surface area contributed by atoms with E-state index in [4.69, 9.17) is 0 Å². The van der Waals surface area contributed by atoms with Crippen LogP contribution in [0.4, 0.5) is 0 Å². The third-order valence-corrected chi connectivity index (χ3v) is 2.21. The average molecular weight is 138 g/mol. The lowest BCUT2D eigenvalue weighted by atomic mass is 10.1. The standard InChI is InChI=1S/C7H10N2O/c1-7(2-3-7)6-8-4-5(10)9-6/h2-4H2,1H3,(H,8,9,10). The summed E-state index contributed by atoms with van der Waals surface area (Å²) in [6.07, 6.45) is 2.35. The van der Waals surface area contributed by atoms with E-state index in [2.05, 4.69) is 17.2 Å². The molecule has 0 radical (unpaired) electrons. The summed E-state index contributed by atoms with van der Waals surface area (Å²) in [6.45, 7) is 2.47. The Labute approximate surface area is 59.5 Å². The number of amides is 1. The molecule has 1 aliphatic carbocycles. The van der Waals surface area contributed by atoms with Gasteiger partial charge in [0.2, 0.25) is 5.91 Å². The van der Waals surface area contributed by atoms with Gasteiger partial charge >= 0.3 is 0 Å². The average Bonchev–Trinajstić information content (AvgIpc) is 2.45. The molecular weight excluding hydrogens is 128 g/mol. The van der Waals surface area contributed by atoms with Crippen LogP contribution in [0.2, 0.25) is 0 Å². The first-order chi connectivity index (χ1) is 4.71. The van der Waals surface area contributed by atoms with Gasteiger partial charge in [0.1, 0.15) is 12.4 Å². The second kappa shape index (κ2) is 1.59. The van der Waals surface area contributed by atoms with Crippen LogP contribution in [0.25, 0.3) is 0 Å². The highest BCUT2D eigenvalue weighted by Gasteiger charge is 2.44. The predicted molar refractivity (Wildman–Crippen MR) is 37.8 cm³/mol. The molecule has 1 aliphatic heterocycles. The molecule has 10 heavy (non-hydrogen) atoms. The van der Waals surface area contributed by atoms with Crippen molar-refractivity contribution >= 4 is 11.7 Å². The van der Waals surface area contributed by atoms with Crippen molar-refractivity contribution in [1.82, 2.24) is 5.32 Å². The smallest absolute Gasteiger partial charge is 0.247 e. The molecule has 0 aromatic heterocycles. The molecule has 3 heteroatoms. The zero-order chi connectivity index (χ0) is 7.19. The molecule has 3 nitrogen and oxygen atoms in total. The molecule has 0 spiro atoms. The topological polar surface area (TPSA) is 41.5 Å². The van der Waals surface area contributed by atoms with Crippen LogP contribution in [-0.2, 0) is 4.79 Å². The molecule has 2 aliphatic rings. The minimum absolute atomic E-state index is 0.0446. The second-order valence-electron chi connectivity index (χ2n) is 3.27. The number of amidine groups is 1. The highest BCUT2D eigenvalue weighted by Crippen LogP contribution is 2.46. The van der Waals surface area contributed by atoms with Crippen LogP contribution in [0.5, 0.6) is 0 Å². The van der Waals surface area contributed by atoms with E-state index in [1.807, 2.05) is 0 Å². The third-order valence-electron chi connectivity index (χ3n) is 2.21. The summed E-state index contributed by atoms with van der Waals surface area (Å²) in [5.41, 5.74) is 0.228. The van der Waals surface area contributed by atoms with Crippen molar-refractivity contribution in [2.75, 3.05) is 6.54 Å². The van der Waals surface area contributed by atoms with E-state index in [-0.39, 0.29) is 11.3 Å². The lowest BCUT2D eigenvalue weighted by molar-refractivity contribution is -0.117. The summed E-state index contributed by atoms with van der Waals surface area (Å²) in [5, 5.41) is 2.77. The maximum absolute atomic E-state index is 10.7. The summed E-state index contributed by atoms with van der Waals surface area (Å²) in [7, 11) is 0. The van der Waals surface area contributed by atoms with Crippen LogP contribution in [0, 0.1) is 5.41 Å². The van der Waals surface area contributed by atoms with E-state index in [0.29, 0.717) is 6.54 Å². The first-order valence-electron chi connectivity index (χ1n) is 3.55. The fourth-order valence-electron chi connectivity index (χ4n) is 1.13. The Morgan fingerprint density at radius 2 is 2.30 bits per heavy atom. The number of carbonyl (C=O) groups is 1. The number of rotatable bonds is 1. The Morgan fingerprint density at radius 3 is 2.70 bits per heavy atom. The van der Waals surface area contributed by atoms with E-state index in [0.717, 1.165) is 5.84 Å². The fourth-order valence-corrected chi connectivity index (χ4v) is 1.13. The van der Waals surface area contributed by atoms with E-state index < -0.39 is 0 Å². The van der Waals surface area contributed by atoms with Gasteiger partial charge in [0.25, 0.3) is 0 Å². The Kier molecular flexibility index (Phi) is 0.938. The predicted octanol–water partition coefficient (Wildman–Crippen LogP) is 0.315. The normalized spacial score (nSPS) is 27.7. The van der Waals surface area contributed by atoms with E-state index in [9.17, 15) is 4.79 Å². The van der Waals surface area contributed by atoms with Gasteiger partial charge in [-0.1, -0.05) is 6.92 Å². The van der Waals surface area contributed by atoms with Crippen molar-refractivity contribution in [3.63, 3.8) is 0 Å². The van der Waals surface area contributed by atoms with Crippen LogP contribution in [0.3, 0.4) is 0 Å². The number of aliphatic imine (C=N–C) groups is 1. The summed E-state index contributed by atoms with van der Waals surface area (Å²) in [5.74, 6) is 0.959. The highest BCUT2D eigenvalue weighted by atomic mass is 16.2. The van der Waals surface area contributed by atoms with Crippen molar-refractivity contribution in [3.05, 3.63) is 0 Å². The maximum atomic E-state index is 10.7.